The summed E-state index contributed by atoms with van der Waals surface area (Å²) in [5.74, 6) is 0. The van der Waals surface area contributed by atoms with Crippen LogP contribution in [0.1, 0.15) is 50.3 Å². The largest absolute Gasteiger partial charge is 0.323 e. The maximum atomic E-state index is 6.50. The molecule has 2 N–H and O–H groups in total. The summed E-state index contributed by atoms with van der Waals surface area (Å²) >= 11 is 0. The second-order valence-electron chi connectivity index (χ2n) is 6.42. The number of benzene rings is 1. The van der Waals surface area contributed by atoms with Crippen LogP contribution in [0.4, 0.5) is 0 Å². The fraction of sp³-hybridized carbons (Fsp3) is 0.647. The molecule has 0 aromatic heterocycles. The number of fused-ring (bicyclic) bond motifs is 1. The summed E-state index contributed by atoms with van der Waals surface area (Å²) in [4.78, 5) is 2.66. The molecule has 1 heterocycles. The molecule has 2 heteroatoms. The molecule has 0 spiro atoms. The lowest BCUT2D eigenvalue weighted by Crippen LogP contribution is -2.40. The fourth-order valence-electron chi connectivity index (χ4n) is 4.04. The summed E-state index contributed by atoms with van der Waals surface area (Å²) < 4.78 is 0. The minimum Gasteiger partial charge on any atom is -0.323 e. The van der Waals surface area contributed by atoms with Gasteiger partial charge in [-0.1, -0.05) is 38.1 Å². The molecule has 1 aliphatic heterocycles. The molecular formula is C17H26N2. The van der Waals surface area contributed by atoms with Crippen molar-refractivity contribution in [1.82, 2.24) is 4.90 Å². The van der Waals surface area contributed by atoms with Crippen LogP contribution in [-0.2, 0) is 6.42 Å². The van der Waals surface area contributed by atoms with Gasteiger partial charge in [0, 0.05) is 18.6 Å². The lowest BCUT2D eigenvalue weighted by Gasteiger charge is -2.31. The van der Waals surface area contributed by atoms with Gasteiger partial charge in [0.1, 0.15) is 0 Å². The molecule has 19 heavy (non-hydrogen) atoms. The number of nitrogens with zero attached hydrogens (tertiary/aromatic N) is 1. The minimum absolute atomic E-state index is 0.209. The molecule has 0 radical (unpaired) electrons. The monoisotopic (exact) mass is 258 g/mol. The van der Waals surface area contributed by atoms with Crippen molar-refractivity contribution in [2.24, 2.45) is 11.1 Å². The Morgan fingerprint density at radius 2 is 2.00 bits per heavy atom. The van der Waals surface area contributed by atoms with E-state index in [4.69, 9.17) is 5.73 Å². The van der Waals surface area contributed by atoms with Gasteiger partial charge in [0.05, 0.1) is 0 Å². The zero-order chi connectivity index (χ0) is 13.5. The van der Waals surface area contributed by atoms with E-state index in [9.17, 15) is 0 Å². The maximum absolute atomic E-state index is 6.50. The van der Waals surface area contributed by atoms with E-state index in [-0.39, 0.29) is 6.04 Å². The SMILES string of the molecule is CCC1(CC)CCN(C2Cc3ccccc3C2N)C1. The Morgan fingerprint density at radius 3 is 2.63 bits per heavy atom. The number of rotatable bonds is 3. The molecule has 0 amide bonds. The lowest BCUT2D eigenvalue weighted by molar-refractivity contribution is 0.181. The van der Waals surface area contributed by atoms with Crippen molar-refractivity contribution in [1.29, 1.82) is 0 Å². The van der Waals surface area contributed by atoms with Crippen molar-refractivity contribution < 1.29 is 0 Å². The van der Waals surface area contributed by atoms with Crippen LogP contribution in [0.3, 0.4) is 0 Å². The first-order chi connectivity index (χ1) is 9.19. The molecule has 1 aliphatic carbocycles. The van der Waals surface area contributed by atoms with Gasteiger partial charge >= 0.3 is 0 Å². The standard InChI is InChI=1S/C17H26N2/c1-3-17(4-2)9-10-19(12-17)15-11-13-7-5-6-8-14(13)16(15)18/h5-8,15-16H,3-4,9-12,18H2,1-2H3. The van der Waals surface area contributed by atoms with Crippen LogP contribution in [0, 0.1) is 5.41 Å². The summed E-state index contributed by atoms with van der Waals surface area (Å²) in [7, 11) is 0. The van der Waals surface area contributed by atoms with Crippen molar-refractivity contribution in [2.75, 3.05) is 13.1 Å². The van der Waals surface area contributed by atoms with Crippen molar-refractivity contribution >= 4 is 0 Å². The molecule has 104 valence electrons. The molecule has 2 atom stereocenters. The van der Waals surface area contributed by atoms with E-state index in [2.05, 4.69) is 43.0 Å². The lowest BCUT2D eigenvalue weighted by atomic mass is 9.82. The molecule has 1 fully saturated rings. The Balaban J connectivity index is 1.76. The summed E-state index contributed by atoms with van der Waals surface area (Å²) in [6.45, 7) is 7.16. The van der Waals surface area contributed by atoms with Gasteiger partial charge in [0.15, 0.2) is 0 Å². The highest BCUT2D eigenvalue weighted by Crippen LogP contribution is 2.41. The van der Waals surface area contributed by atoms with Gasteiger partial charge in [-0.2, -0.15) is 0 Å². The Bertz CT molecular complexity index is 450. The van der Waals surface area contributed by atoms with Crippen LogP contribution in [0.15, 0.2) is 24.3 Å². The molecule has 2 nitrogen and oxygen atoms in total. The number of hydrogen-bond acceptors (Lipinski definition) is 2. The summed E-state index contributed by atoms with van der Waals surface area (Å²) in [5.41, 5.74) is 9.89. The van der Waals surface area contributed by atoms with Gasteiger partial charge < -0.3 is 5.73 Å². The topological polar surface area (TPSA) is 29.3 Å². The molecule has 1 saturated heterocycles. The van der Waals surface area contributed by atoms with Crippen LogP contribution >= 0.6 is 0 Å². The van der Waals surface area contributed by atoms with Gasteiger partial charge in [-0.05, 0) is 48.8 Å². The first-order valence-corrected chi connectivity index (χ1v) is 7.76. The number of likely N-dealkylation sites (tertiary alicyclic amines) is 1. The predicted octanol–water partition coefficient (Wildman–Crippen LogP) is 3.12. The zero-order valence-corrected chi connectivity index (χ0v) is 12.2. The van der Waals surface area contributed by atoms with Crippen LogP contribution in [-0.4, -0.2) is 24.0 Å². The van der Waals surface area contributed by atoms with E-state index in [0.29, 0.717) is 11.5 Å². The molecule has 0 bridgehead atoms. The highest BCUT2D eigenvalue weighted by Gasteiger charge is 2.41. The van der Waals surface area contributed by atoms with E-state index in [1.54, 1.807) is 0 Å². The van der Waals surface area contributed by atoms with Crippen LogP contribution in [0.25, 0.3) is 0 Å². The molecular weight excluding hydrogens is 232 g/mol. The van der Waals surface area contributed by atoms with E-state index in [1.165, 1.54) is 43.5 Å². The average Bonchev–Trinajstić information content (AvgIpc) is 3.02. The van der Waals surface area contributed by atoms with Gasteiger partial charge in [-0.15, -0.1) is 0 Å². The van der Waals surface area contributed by atoms with Gasteiger partial charge in [0.25, 0.3) is 0 Å². The third-order valence-electron chi connectivity index (χ3n) is 5.69. The molecule has 2 aliphatic rings. The molecule has 3 rings (SSSR count). The van der Waals surface area contributed by atoms with E-state index >= 15 is 0 Å². The first-order valence-electron chi connectivity index (χ1n) is 7.76. The van der Waals surface area contributed by atoms with E-state index < -0.39 is 0 Å². The van der Waals surface area contributed by atoms with Crippen molar-refractivity contribution in [3.63, 3.8) is 0 Å². The Hall–Kier alpha value is -0.860. The Kier molecular flexibility index (Phi) is 3.40. The van der Waals surface area contributed by atoms with Gasteiger partial charge in [-0.25, -0.2) is 0 Å². The third-order valence-corrected chi connectivity index (χ3v) is 5.69. The highest BCUT2D eigenvalue weighted by molar-refractivity contribution is 5.37. The molecule has 1 aromatic rings. The summed E-state index contributed by atoms with van der Waals surface area (Å²) in [6.07, 6.45) is 5.09. The number of hydrogen-bond donors (Lipinski definition) is 1. The second kappa shape index (κ2) is 4.92. The quantitative estimate of drug-likeness (QED) is 0.902. The van der Waals surface area contributed by atoms with E-state index in [1.807, 2.05) is 0 Å². The predicted molar refractivity (Wildman–Crippen MR) is 80.1 cm³/mol. The average molecular weight is 258 g/mol. The van der Waals surface area contributed by atoms with Crippen LogP contribution in [0.2, 0.25) is 0 Å². The zero-order valence-electron chi connectivity index (χ0n) is 12.2. The normalized spacial score (nSPS) is 29.6. The summed E-state index contributed by atoms with van der Waals surface area (Å²) in [5, 5.41) is 0. The van der Waals surface area contributed by atoms with Crippen LogP contribution < -0.4 is 5.73 Å². The molecule has 0 saturated carbocycles. The smallest absolute Gasteiger partial charge is 0.0459 e. The third kappa shape index (κ3) is 2.11. The number of nitrogens with two attached hydrogens (primary N) is 1. The van der Waals surface area contributed by atoms with Crippen LogP contribution in [0.5, 0.6) is 0 Å². The van der Waals surface area contributed by atoms with Gasteiger partial charge in [0.2, 0.25) is 0 Å². The van der Waals surface area contributed by atoms with E-state index in [0.717, 1.165) is 6.42 Å². The second-order valence-corrected chi connectivity index (χ2v) is 6.42. The Labute approximate surface area is 117 Å². The van der Waals surface area contributed by atoms with Gasteiger partial charge in [-0.3, -0.25) is 4.90 Å². The first kappa shape index (κ1) is 13.1. The Morgan fingerprint density at radius 1 is 1.26 bits per heavy atom. The van der Waals surface area contributed by atoms with Crippen molar-refractivity contribution in [3.8, 4) is 0 Å². The molecule has 1 aromatic carbocycles. The maximum Gasteiger partial charge on any atom is 0.0459 e. The summed E-state index contributed by atoms with van der Waals surface area (Å²) in [6, 6.07) is 9.45. The highest BCUT2D eigenvalue weighted by atomic mass is 15.2. The van der Waals surface area contributed by atoms with Crippen molar-refractivity contribution in [2.45, 2.75) is 51.6 Å². The minimum atomic E-state index is 0.209. The van der Waals surface area contributed by atoms with Crippen molar-refractivity contribution in [3.05, 3.63) is 35.4 Å². The molecule has 2 unspecified atom stereocenters. The fourth-order valence-corrected chi connectivity index (χ4v) is 4.04.